The van der Waals surface area contributed by atoms with Crippen LogP contribution in [0.5, 0.6) is 0 Å². The number of likely N-dealkylation sites (tertiary alicyclic amines) is 1. The molecule has 0 spiro atoms. The van der Waals surface area contributed by atoms with Crippen molar-refractivity contribution in [2.75, 3.05) is 18.4 Å². The van der Waals surface area contributed by atoms with E-state index in [1.165, 1.54) is 6.42 Å². The summed E-state index contributed by atoms with van der Waals surface area (Å²) in [7, 11) is 0. The minimum Gasteiger partial charge on any atom is -0.354 e. The number of hydrogen-bond donors (Lipinski definition) is 1. The van der Waals surface area contributed by atoms with Crippen LogP contribution in [0.2, 0.25) is 0 Å². The SMILES string of the molecule is O=C(c1cc(Nc2ccccc2Br)ccn1)N1CCCCC1. The Morgan fingerprint density at radius 1 is 1.14 bits per heavy atom. The van der Waals surface area contributed by atoms with Crippen LogP contribution in [0.4, 0.5) is 11.4 Å². The fraction of sp³-hybridized carbons (Fsp3) is 0.294. The van der Waals surface area contributed by atoms with Crippen molar-refractivity contribution in [3.8, 4) is 0 Å². The van der Waals surface area contributed by atoms with Gasteiger partial charge in [0.05, 0.1) is 5.69 Å². The van der Waals surface area contributed by atoms with Crippen LogP contribution in [-0.2, 0) is 0 Å². The quantitative estimate of drug-likeness (QED) is 0.892. The standard InChI is InChI=1S/C17H18BrN3O/c18-14-6-2-3-7-15(14)20-13-8-9-19-16(12-13)17(22)21-10-4-1-5-11-21/h2-3,6-9,12H,1,4-5,10-11H2,(H,19,20). The maximum Gasteiger partial charge on any atom is 0.272 e. The number of pyridine rings is 1. The van der Waals surface area contributed by atoms with Crippen molar-refractivity contribution >= 4 is 33.2 Å². The molecule has 114 valence electrons. The maximum absolute atomic E-state index is 12.5. The first-order chi connectivity index (χ1) is 10.7. The molecule has 5 heteroatoms. The smallest absolute Gasteiger partial charge is 0.272 e. The van der Waals surface area contributed by atoms with Gasteiger partial charge in [0.25, 0.3) is 5.91 Å². The molecule has 3 rings (SSSR count). The summed E-state index contributed by atoms with van der Waals surface area (Å²) >= 11 is 3.51. The van der Waals surface area contributed by atoms with Crippen LogP contribution in [0.15, 0.2) is 47.1 Å². The van der Waals surface area contributed by atoms with E-state index in [1.54, 1.807) is 6.20 Å². The zero-order valence-electron chi connectivity index (χ0n) is 12.3. The number of para-hydroxylation sites is 1. The summed E-state index contributed by atoms with van der Waals surface area (Å²) < 4.78 is 0.982. The van der Waals surface area contributed by atoms with Crippen molar-refractivity contribution in [1.82, 2.24) is 9.88 Å². The summed E-state index contributed by atoms with van der Waals surface area (Å²) in [6, 6.07) is 11.6. The van der Waals surface area contributed by atoms with Gasteiger partial charge in [-0.15, -0.1) is 0 Å². The molecule has 0 radical (unpaired) electrons. The number of aromatic nitrogens is 1. The van der Waals surface area contributed by atoms with Crippen molar-refractivity contribution < 1.29 is 4.79 Å². The summed E-state index contributed by atoms with van der Waals surface area (Å²) in [5.41, 5.74) is 2.33. The fourth-order valence-corrected chi connectivity index (χ4v) is 2.99. The number of benzene rings is 1. The second-order valence-electron chi connectivity index (χ2n) is 5.39. The number of amides is 1. The van der Waals surface area contributed by atoms with Gasteiger partial charge < -0.3 is 10.2 Å². The van der Waals surface area contributed by atoms with Gasteiger partial charge in [-0.3, -0.25) is 9.78 Å². The van der Waals surface area contributed by atoms with Crippen molar-refractivity contribution in [1.29, 1.82) is 0 Å². The Balaban J connectivity index is 1.77. The second kappa shape index (κ2) is 6.92. The molecular weight excluding hydrogens is 342 g/mol. The molecule has 2 aromatic rings. The molecule has 1 fully saturated rings. The van der Waals surface area contributed by atoms with E-state index in [1.807, 2.05) is 41.3 Å². The highest BCUT2D eigenvalue weighted by Crippen LogP contribution is 2.25. The van der Waals surface area contributed by atoms with Crippen LogP contribution in [0.1, 0.15) is 29.8 Å². The number of carbonyl (C=O) groups is 1. The molecule has 0 atom stereocenters. The molecule has 22 heavy (non-hydrogen) atoms. The number of nitrogens with zero attached hydrogens (tertiary/aromatic N) is 2. The summed E-state index contributed by atoms with van der Waals surface area (Å²) in [4.78, 5) is 18.6. The first-order valence-electron chi connectivity index (χ1n) is 7.51. The maximum atomic E-state index is 12.5. The molecule has 1 aliphatic rings. The monoisotopic (exact) mass is 359 g/mol. The van der Waals surface area contributed by atoms with Crippen molar-refractivity contribution in [3.05, 3.63) is 52.8 Å². The van der Waals surface area contributed by atoms with Crippen LogP contribution >= 0.6 is 15.9 Å². The number of piperidine rings is 1. The largest absolute Gasteiger partial charge is 0.354 e. The highest BCUT2D eigenvalue weighted by atomic mass is 79.9. The van der Waals surface area contributed by atoms with E-state index in [-0.39, 0.29) is 5.91 Å². The second-order valence-corrected chi connectivity index (χ2v) is 6.24. The van der Waals surface area contributed by atoms with Gasteiger partial charge in [-0.05, 0) is 59.5 Å². The molecule has 1 aromatic heterocycles. The summed E-state index contributed by atoms with van der Waals surface area (Å²) in [6.07, 6.45) is 5.05. The molecule has 1 aromatic carbocycles. The van der Waals surface area contributed by atoms with Gasteiger partial charge in [0, 0.05) is 29.4 Å². The molecule has 1 aliphatic heterocycles. The number of rotatable bonds is 3. The average molecular weight is 360 g/mol. The number of carbonyl (C=O) groups excluding carboxylic acids is 1. The van der Waals surface area contributed by atoms with Gasteiger partial charge in [0.1, 0.15) is 5.69 Å². The lowest BCUT2D eigenvalue weighted by Gasteiger charge is -2.26. The third kappa shape index (κ3) is 3.47. The highest BCUT2D eigenvalue weighted by molar-refractivity contribution is 9.10. The van der Waals surface area contributed by atoms with Gasteiger partial charge in [0.15, 0.2) is 0 Å². The zero-order valence-corrected chi connectivity index (χ0v) is 13.8. The van der Waals surface area contributed by atoms with Crippen LogP contribution in [0.3, 0.4) is 0 Å². The topological polar surface area (TPSA) is 45.2 Å². The van der Waals surface area contributed by atoms with E-state index in [2.05, 4.69) is 26.2 Å². The predicted octanol–water partition coefficient (Wildman–Crippen LogP) is 4.21. The lowest BCUT2D eigenvalue weighted by atomic mass is 10.1. The molecule has 4 nitrogen and oxygen atoms in total. The summed E-state index contributed by atoms with van der Waals surface area (Å²) in [5, 5.41) is 3.31. The first kappa shape index (κ1) is 15.0. The van der Waals surface area contributed by atoms with Gasteiger partial charge in [-0.1, -0.05) is 12.1 Å². The number of nitrogens with one attached hydrogen (secondary N) is 1. The average Bonchev–Trinajstić information content (AvgIpc) is 2.57. The molecule has 0 bridgehead atoms. The van der Waals surface area contributed by atoms with Crippen LogP contribution in [0.25, 0.3) is 0 Å². The Labute approximate surface area is 138 Å². The number of halogens is 1. The Kier molecular flexibility index (Phi) is 4.73. The van der Waals surface area contributed by atoms with Gasteiger partial charge in [0.2, 0.25) is 0 Å². The molecule has 2 heterocycles. The minimum atomic E-state index is 0.0236. The molecule has 1 amide bonds. The number of anilines is 2. The van der Waals surface area contributed by atoms with Gasteiger partial charge >= 0.3 is 0 Å². The molecule has 0 aliphatic carbocycles. The zero-order chi connectivity index (χ0) is 15.4. The first-order valence-corrected chi connectivity index (χ1v) is 8.30. The summed E-state index contributed by atoms with van der Waals surface area (Å²) in [6.45, 7) is 1.67. The third-order valence-corrected chi connectivity index (χ3v) is 4.47. The third-order valence-electron chi connectivity index (χ3n) is 3.78. The highest BCUT2D eigenvalue weighted by Gasteiger charge is 2.19. The molecule has 0 saturated carbocycles. The Morgan fingerprint density at radius 3 is 2.68 bits per heavy atom. The Bertz CT molecular complexity index is 668. The van der Waals surface area contributed by atoms with E-state index in [0.717, 1.165) is 41.8 Å². The molecule has 1 N–H and O–H groups in total. The van der Waals surface area contributed by atoms with E-state index in [4.69, 9.17) is 0 Å². The Morgan fingerprint density at radius 2 is 1.91 bits per heavy atom. The van der Waals surface area contributed by atoms with Gasteiger partial charge in [-0.2, -0.15) is 0 Å². The van der Waals surface area contributed by atoms with Crippen molar-refractivity contribution in [2.24, 2.45) is 0 Å². The van der Waals surface area contributed by atoms with E-state index in [0.29, 0.717) is 5.69 Å². The predicted molar refractivity (Wildman–Crippen MR) is 91.4 cm³/mol. The lowest BCUT2D eigenvalue weighted by molar-refractivity contribution is 0.0718. The summed E-state index contributed by atoms with van der Waals surface area (Å²) in [5.74, 6) is 0.0236. The molecule has 0 unspecified atom stereocenters. The normalized spacial score (nSPS) is 14.7. The van der Waals surface area contributed by atoms with E-state index in [9.17, 15) is 4.79 Å². The number of hydrogen-bond acceptors (Lipinski definition) is 3. The van der Waals surface area contributed by atoms with Crippen LogP contribution in [-0.4, -0.2) is 28.9 Å². The minimum absolute atomic E-state index is 0.0236. The van der Waals surface area contributed by atoms with Crippen molar-refractivity contribution in [2.45, 2.75) is 19.3 Å². The Hall–Kier alpha value is -1.88. The van der Waals surface area contributed by atoms with E-state index < -0.39 is 0 Å². The lowest BCUT2D eigenvalue weighted by Crippen LogP contribution is -2.36. The van der Waals surface area contributed by atoms with Gasteiger partial charge in [-0.25, -0.2) is 0 Å². The van der Waals surface area contributed by atoms with E-state index >= 15 is 0 Å². The molecular formula is C17H18BrN3O. The van der Waals surface area contributed by atoms with Crippen molar-refractivity contribution in [3.63, 3.8) is 0 Å². The molecule has 1 saturated heterocycles. The fourth-order valence-electron chi connectivity index (χ4n) is 2.60. The van der Waals surface area contributed by atoms with Crippen LogP contribution in [0, 0.1) is 0 Å². The van der Waals surface area contributed by atoms with Crippen LogP contribution < -0.4 is 5.32 Å².